The van der Waals surface area contributed by atoms with Gasteiger partial charge in [0.25, 0.3) is 0 Å². The molecular weight excluding hydrogens is 223 g/mol. The van der Waals surface area contributed by atoms with Gasteiger partial charge in [-0.25, -0.2) is 9.68 Å². The maximum absolute atomic E-state index is 10.5. The standard InChI is InChI=1S/C6H8O8.Na.H/c7-3(8)1-6(14-13,5(11)12)2-4(9)10;;/h13H,1-2H2,(H,7,8)(H,9,10)(H,11,12);;/q;+1;-1. The van der Waals surface area contributed by atoms with Gasteiger partial charge in [-0.2, -0.15) is 0 Å². The Kier molecular flexibility index (Phi) is 7.53. The van der Waals surface area contributed by atoms with E-state index in [2.05, 4.69) is 4.89 Å². The Hall–Kier alpha value is -0.670. The van der Waals surface area contributed by atoms with Crippen LogP contribution >= 0.6 is 0 Å². The molecule has 8 nitrogen and oxygen atoms in total. The molecule has 0 unspecified atom stereocenters. The molecular formula is C6H9NaO8. The number of rotatable bonds is 6. The van der Waals surface area contributed by atoms with E-state index in [1.165, 1.54) is 0 Å². The fourth-order valence-corrected chi connectivity index (χ4v) is 0.806. The molecule has 0 saturated heterocycles. The summed E-state index contributed by atoms with van der Waals surface area (Å²) in [6, 6.07) is 0. The van der Waals surface area contributed by atoms with E-state index >= 15 is 0 Å². The van der Waals surface area contributed by atoms with Crippen LogP contribution in [0.15, 0.2) is 0 Å². The van der Waals surface area contributed by atoms with Crippen LogP contribution in [0.1, 0.15) is 14.3 Å². The van der Waals surface area contributed by atoms with Gasteiger partial charge in [-0.3, -0.25) is 14.8 Å². The monoisotopic (exact) mass is 232 g/mol. The Morgan fingerprint density at radius 2 is 1.40 bits per heavy atom. The molecule has 0 aromatic heterocycles. The summed E-state index contributed by atoms with van der Waals surface area (Å²) in [5.41, 5.74) is -2.64. The molecule has 0 amide bonds. The van der Waals surface area contributed by atoms with Gasteiger partial charge in [-0.05, 0) is 0 Å². The molecule has 0 fully saturated rings. The summed E-state index contributed by atoms with van der Waals surface area (Å²) in [7, 11) is 0. The molecule has 0 atom stereocenters. The van der Waals surface area contributed by atoms with Crippen LogP contribution in [0, 0.1) is 0 Å². The first-order valence-corrected chi connectivity index (χ1v) is 3.33. The molecule has 9 heteroatoms. The first-order chi connectivity index (χ1) is 6.34. The van der Waals surface area contributed by atoms with Crippen molar-refractivity contribution in [1.82, 2.24) is 0 Å². The van der Waals surface area contributed by atoms with Gasteiger partial charge in [-0.15, -0.1) is 0 Å². The molecule has 15 heavy (non-hydrogen) atoms. The van der Waals surface area contributed by atoms with Crippen LogP contribution in [0.4, 0.5) is 0 Å². The van der Waals surface area contributed by atoms with Crippen molar-refractivity contribution in [3.8, 4) is 0 Å². The zero-order valence-electron chi connectivity index (χ0n) is 8.84. The van der Waals surface area contributed by atoms with Crippen LogP contribution < -0.4 is 29.6 Å². The van der Waals surface area contributed by atoms with Gasteiger partial charge in [-0.1, -0.05) is 0 Å². The van der Waals surface area contributed by atoms with Crippen LogP contribution in [-0.4, -0.2) is 44.1 Å². The smallest absolute Gasteiger partial charge is 1.00 e. The number of carbonyl (C=O) groups is 3. The van der Waals surface area contributed by atoms with Gasteiger partial charge >= 0.3 is 47.5 Å². The van der Waals surface area contributed by atoms with E-state index in [0.717, 1.165) is 0 Å². The average molecular weight is 232 g/mol. The van der Waals surface area contributed by atoms with Crippen molar-refractivity contribution >= 4 is 17.9 Å². The molecule has 0 aromatic carbocycles. The van der Waals surface area contributed by atoms with E-state index in [9.17, 15) is 14.4 Å². The molecule has 0 bridgehead atoms. The molecule has 0 aliphatic carbocycles. The summed E-state index contributed by atoms with van der Waals surface area (Å²) < 4.78 is 0. The topological polar surface area (TPSA) is 141 Å². The largest absolute Gasteiger partial charge is 1.00 e. The Morgan fingerprint density at radius 3 is 1.53 bits per heavy atom. The SMILES string of the molecule is O=C(O)CC(CC(=O)O)(OO)C(=O)O.[H-].[Na+]. The van der Waals surface area contributed by atoms with Crippen molar-refractivity contribution < 1.29 is 70.8 Å². The van der Waals surface area contributed by atoms with Gasteiger partial charge in [0.2, 0.25) is 5.60 Å². The zero-order chi connectivity index (χ0) is 11.4. The van der Waals surface area contributed by atoms with Crippen molar-refractivity contribution in [2.75, 3.05) is 0 Å². The number of hydrogen-bond acceptors (Lipinski definition) is 5. The van der Waals surface area contributed by atoms with Crippen LogP contribution in [0.2, 0.25) is 0 Å². The summed E-state index contributed by atoms with van der Waals surface area (Å²) in [4.78, 5) is 34.4. The van der Waals surface area contributed by atoms with Crippen LogP contribution in [-0.2, 0) is 19.3 Å². The normalized spacial score (nSPS) is 10.2. The van der Waals surface area contributed by atoms with Crippen molar-refractivity contribution in [3.63, 3.8) is 0 Å². The third-order valence-electron chi connectivity index (χ3n) is 1.44. The fraction of sp³-hybridized carbons (Fsp3) is 0.500. The predicted molar refractivity (Wildman–Crippen MR) is 39.7 cm³/mol. The Bertz CT molecular complexity index is 251. The average Bonchev–Trinajstić information content (AvgIpc) is 2.00. The summed E-state index contributed by atoms with van der Waals surface area (Å²) >= 11 is 0. The second kappa shape index (κ2) is 6.75. The maximum atomic E-state index is 10.5. The molecule has 0 saturated carbocycles. The van der Waals surface area contributed by atoms with Gasteiger partial charge < -0.3 is 16.7 Å². The Balaban J connectivity index is -0.000000845. The quantitative estimate of drug-likeness (QED) is 0.209. The third-order valence-corrected chi connectivity index (χ3v) is 1.44. The fourth-order valence-electron chi connectivity index (χ4n) is 0.806. The minimum Gasteiger partial charge on any atom is -1.00 e. The van der Waals surface area contributed by atoms with E-state index in [4.69, 9.17) is 20.6 Å². The molecule has 0 aliphatic heterocycles. The molecule has 0 radical (unpaired) electrons. The number of carboxylic acids is 3. The molecule has 0 heterocycles. The first-order valence-electron chi connectivity index (χ1n) is 3.33. The number of carboxylic acid groups (broad SMARTS) is 3. The van der Waals surface area contributed by atoms with Crippen LogP contribution in [0.5, 0.6) is 0 Å². The molecule has 4 N–H and O–H groups in total. The molecule has 0 aromatic rings. The molecule has 0 aliphatic rings. The summed E-state index contributed by atoms with van der Waals surface area (Å²) in [6.07, 6.45) is -2.30. The second-order valence-electron chi connectivity index (χ2n) is 2.53. The minimum absolute atomic E-state index is 0. The van der Waals surface area contributed by atoms with E-state index < -0.39 is 36.4 Å². The third kappa shape index (κ3) is 5.09. The first kappa shape index (κ1) is 16.7. The predicted octanol–water partition coefficient (Wildman–Crippen LogP) is -3.63. The van der Waals surface area contributed by atoms with Gasteiger partial charge in [0, 0.05) is 0 Å². The summed E-state index contributed by atoms with van der Waals surface area (Å²) in [6.45, 7) is 0. The van der Waals surface area contributed by atoms with Crippen LogP contribution in [0.25, 0.3) is 0 Å². The van der Waals surface area contributed by atoms with Gasteiger partial charge in [0.05, 0.1) is 12.8 Å². The van der Waals surface area contributed by atoms with E-state index in [-0.39, 0.29) is 31.0 Å². The molecule has 0 spiro atoms. The Morgan fingerprint density at radius 1 is 1.07 bits per heavy atom. The molecule has 0 rings (SSSR count). The number of aliphatic carboxylic acids is 3. The maximum Gasteiger partial charge on any atom is 1.00 e. The Labute approximate surface area is 107 Å². The van der Waals surface area contributed by atoms with E-state index in [1.54, 1.807) is 0 Å². The minimum atomic E-state index is -2.64. The van der Waals surface area contributed by atoms with E-state index in [1.807, 2.05) is 0 Å². The summed E-state index contributed by atoms with van der Waals surface area (Å²) in [5.74, 6) is -5.05. The zero-order valence-corrected chi connectivity index (χ0v) is 9.84. The van der Waals surface area contributed by atoms with Crippen LogP contribution in [0.3, 0.4) is 0 Å². The molecule has 82 valence electrons. The van der Waals surface area contributed by atoms with Gasteiger partial charge in [0.1, 0.15) is 0 Å². The van der Waals surface area contributed by atoms with Crippen molar-refractivity contribution in [2.24, 2.45) is 0 Å². The summed E-state index contributed by atoms with van der Waals surface area (Å²) in [5, 5.41) is 33.3. The van der Waals surface area contributed by atoms with Crippen molar-refractivity contribution in [2.45, 2.75) is 18.4 Å². The van der Waals surface area contributed by atoms with E-state index in [0.29, 0.717) is 0 Å². The van der Waals surface area contributed by atoms with Gasteiger partial charge in [0.15, 0.2) is 0 Å². The second-order valence-corrected chi connectivity index (χ2v) is 2.53. The van der Waals surface area contributed by atoms with Crippen molar-refractivity contribution in [3.05, 3.63) is 0 Å². The number of hydrogen-bond donors (Lipinski definition) is 4. The van der Waals surface area contributed by atoms with Crippen molar-refractivity contribution in [1.29, 1.82) is 0 Å².